The lowest BCUT2D eigenvalue weighted by Crippen LogP contribution is -2.41. The Morgan fingerprint density at radius 2 is 1.81 bits per heavy atom. The van der Waals surface area contributed by atoms with Crippen molar-refractivity contribution in [3.05, 3.63) is 11.4 Å². The van der Waals surface area contributed by atoms with Crippen molar-refractivity contribution in [1.29, 1.82) is 0 Å². The molecule has 5 nitrogen and oxygen atoms in total. The van der Waals surface area contributed by atoms with Gasteiger partial charge in [-0.2, -0.15) is 0 Å². The van der Waals surface area contributed by atoms with Gasteiger partial charge in [0.25, 0.3) is 0 Å². The number of anilines is 2. The molecule has 118 valence electrons. The molecule has 0 aromatic carbocycles. The Hall–Kier alpha value is -1.36. The number of hydrogen-bond acceptors (Lipinski definition) is 5. The largest absolute Gasteiger partial charge is 0.373 e. The highest BCUT2D eigenvalue weighted by molar-refractivity contribution is 5.57. The van der Waals surface area contributed by atoms with Crippen LogP contribution in [0.3, 0.4) is 0 Å². The highest BCUT2D eigenvalue weighted by atomic mass is 15.2. The zero-order chi connectivity index (χ0) is 15.2. The second kappa shape index (κ2) is 7.59. The number of hydrogen-bond donors (Lipinski definition) is 2. The minimum absolute atomic E-state index is 0.544. The molecule has 0 amide bonds. The van der Waals surface area contributed by atoms with Gasteiger partial charge in [-0.1, -0.05) is 13.3 Å². The number of piperidine rings is 1. The number of nitrogens with one attached hydrogen (secondary N) is 2. The van der Waals surface area contributed by atoms with Crippen LogP contribution in [-0.4, -0.2) is 47.6 Å². The first-order valence-electron chi connectivity index (χ1n) is 8.18. The molecule has 0 radical (unpaired) electrons. The molecule has 1 aromatic heterocycles. The first kappa shape index (κ1) is 16.0. The fourth-order valence-electron chi connectivity index (χ4n) is 2.87. The average Bonchev–Trinajstić information content (AvgIpc) is 2.54. The first-order chi connectivity index (χ1) is 10.2. The van der Waals surface area contributed by atoms with E-state index < -0.39 is 0 Å². The average molecular weight is 291 g/mol. The van der Waals surface area contributed by atoms with Crippen molar-refractivity contribution in [2.24, 2.45) is 0 Å². The van der Waals surface area contributed by atoms with Gasteiger partial charge in [0.1, 0.15) is 17.5 Å². The van der Waals surface area contributed by atoms with E-state index in [0.29, 0.717) is 6.04 Å². The quantitative estimate of drug-likeness (QED) is 0.844. The van der Waals surface area contributed by atoms with Crippen LogP contribution in [0.2, 0.25) is 0 Å². The van der Waals surface area contributed by atoms with Crippen LogP contribution in [0.15, 0.2) is 0 Å². The lowest BCUT2D eigenvalue weighted by molar-refractivity contribution is 0.180. The van der Waals surface area contributed by atoms with E-state index in [1.54, 1.807) is 0 Å². The van der Waals surface area contributed by atoms with E-state index in [4.69, 9.17) is 0 Å². The normalized spacial score (nSPS) is 17.5. The maximum Gasteiger partial charge on any atom is 0.134 e. The molecule has 2 heterocycles. The minimum Gasteiger partial charge on any atom is -0.373 e. The van der Waals surface area contributed by atoms with Gasteiger partial charge in [-0.05, 0) is 39.8 Å². The van der Waals surface area contributed by atoms with Crippen LogP contribution in [0.4, 0.5) is 11.6 Å². The fraction of sp³-hybridized carbons (Fsp3) is 0.750. The molecule has 1 aliphatic heterocycles. The summed E-state index contributed by atoms with van der Waals surface area (Å²) < 4.78 is 0. The van der Waals surface area contributed by atoms with E-state index in [0.717, 1.165) is 36.0 Å². The van der Waals surface area contributed by atoms with Gasteiger partial charge in [0.2, 0.25) is 0 Å². The standard InChI is InChI=1S/C16H29N5/c1-5-14-19-15(17-4)13(3)16(20-14)18-11-12(2)21-9-7-6-8-10-21/h12H,5-11H2,1-4H3,(H2,17,18,19,20). The van der Waals surface area contributed by atoms with Gasteiger partial charge >= 0.3 is 0 Å². The summed E-state index contributed by atoms with van der Waals surface area (Å²) >= 11 is 0. The zero-order valence-corrected chi connectivity index (χ0v) is 13.9. The van der Waals surface area contributed by atoms with E-state index in [1.807, 2.05) is 7.05 Å². The summed E-state index contributed by atoms with van der Waals surface area (Å²) in [7, 11) is 1.91. The van der Waals surface area contributed by atoms with E-state index >= 15 is 0 Å². The molecule has 0 aliphatic carbocycles. The lowest BCUT2D eigenvalue weighted by atomic mass is 10.1. The summed E-state index contributed by atoms with van der Waals surface area (Å²) in [4.78, 5) is 11.7. The number of nitrogens with zero attached hydrogens (tertiary/aromatic N) is 3. The number of aryl methyl sites for hydroxylation is 1. The Morgan fingerprint density at radius 1 is 1.14 bits per heavy atom. The third kappa shape index (κ3) is 4.06. The Morgan fingerprint density at radius 3 is 2.43 bits per heavy atom. The maximum atomic E-state index is 4.64. The van der Waals surface area contributed by atoms with E-state index in [1.165, 1.54) is 32.4 Å². The molecule has 21 heavy (non-hydrogen) atoms. The second-order valence-electron chi connectivity index (χ2n) is 5.89. The van der Waals surface area contributed by atoms with Crippen molar-refractivity contribution in [3.63, 3.8) is 0 Å². The van der Waals surface area contributed by atoms with Crippen molar-refractivity contribution in [1.82, 2.24) is 14.9 Å². The summed E-state index contributed by atoms with van der Waals surface area (Å²) in [5, 5.41) is 6.69. The van der Waals surface area contributed by atoms with Crippen LogP contribution in [0, 0.1) is 6.92 Å². The molecule has 1 aromatic rings. The van der Waals surface area contributed by atoms with Gasteiger partial charge in [-0.15, -0.1) is 0 Å². The predicted octanol–water partition coefficient (Wildman–Crippen LogP) is 2.68. The molecule has 0 spiro atoms. The third-order valence-corrected chi connectivity index (χ3v) is 4.32. The predicted molar refractivity (Wildman–Crippen MR) is 89.1 cm³/mol. The Bertz CT molecular complexity index is 454. The summed E-state index contributed by atoms with van der Waals surface area (Å²) in [6.07, 6.45) is 4.90. The number of aromatic nitrogens is 2. The van der Waals surface area contributed by atoms with Gasteiger partial charge in [0, 0.05) is 31.6 Å². The Kier molecular flexibility index (Phi) is 5.79. The number of rotatable bonds is 6. The van der Waals surface area contributed by atoms with Crippen LogP contribution < -0.4 is 10.6 Å². The summed E-state index contributed by atoms with van der Waals surface area (Å²) in [5.41, 5.74) is 1.10. The van der Waals surface area contributed by atoms with Crippen molar-refractivity contribution in [2.45, 2.75) is 52.5 Å². The molecule has 1 atom stereocenters. The van der Waals surface area contributed by atoms with Crippen LogP contribution in [0.1, 0.15) is 44.5 Å². The summed E-state index contributed by atoms with van der Waals surface area (Å²) in [5.74, 6) is 2.78. The van der Waals surface area contributed by atoms with Crippen molar-refractivity contribution < 1.29 is 0 Å². The monoisotopic (exact) mass is 291 g/mol. The van der Waals surface area contributed by atoms with Crippen molar-refractivity contribution in [2.75, 3.05) is 37.3 Å². The highest BCUT2D eigenvalue weighted by Crippen LogP contribution is 2.20. The first-order valence-corrected chi connectivity index (χ1v) is 8.18. The second-order valence-corrected chi connectivity index (χ2v) is 5.89. The smallest absolute Gasteiger partial charge is 0.134 e. The molecule has 1 unspecified atom stereocenters. The molecular weight excluding hydrogens is 262 g/mol. The topological polar surface area (TPSA) is 53.1 Å². The van der Waals surface area contributed by atoms with Gasteiger partial charge in [-0.3, -0.25) is 4.90 Å². The summed E-state index contributed by atoms with van der Waals surface area (Å²) in [6.45, 7) is 9.85. The third-order valence-electron chi connectivity index (χ3n) is 4.32. The molecule has 2 N–H and O–H groups in total. The molecule has 0 bridgehead atoms. The molecule has 1 fully saturated rings. The van der Waals surface area contributed by atoms with Crippen LogP contribution in [-0.2, 0) is 6.42 Å². The fourth-order valence-corrected chi connectivity index (χ4v) is 2.87. The molecule has 1 aliphatic rings. The molecular formula is C16H29N5. The summed E-state index contributed by atoms with van der Waals surface area (Å²) in [6, 6.07) is 0.544. The molecule has 1 saturated heterocycles. The van der Waals surface area contributed by atoms with Gasteiger partial charge in [-0.25, -0.2) is 9.97 Å². The van der Waals surface area contributed by atoms with Crippen LogP contribution >= 0.6 is 0 Å². The maximum absolute atomic E-state index is 4.64. The van der Waals surface area contributed by atoms with E-state index in [9.17, 15) is 0 Å². The van der Waals surface area contributed by atoms with E-state index in [-0.39, 0.29) is 0 Å². The zero-order valence-electron chi connectivity index (χ0n) is 13.9. The van der Waals surface area contributed by atoms with Crippen LogP contribution in [0.5, 0.6) is 0 Å². The van der Waals surface area contributed by atoms with E-state index in [2.05, 4.69) is 46.3 Å². The van der Waals surface area contributed by atoms with Crippen LogP contribution in [0.25, 0.3) is 0 Å². The SMILES string of the molecule is CCc1nc(NC)c(C)c(NCC(C)N2CCCCC2)n1. The Balaban J connectivity index is 2.01. The van der Waals surface area contributed by atoms with Gasteiger partial charge in [0.05, 0.1) is 0 Å². The van der Waals surface area contributed by atoms with Gasteiger partial charge < -0.3 is 10.6 Å². The lowest BCUT2D eigenvalue weighted by Gasteiger charge is -2.32. The van der Waals surface area contributed by atoms with Crippen molar-refractivity contribution in [3.8, 4) is 0 Å². The number of likely N-dealkylation sites (tertiary alicyclic amines) is 1. The Labute approximate surface area is 128 Å². The molecule has 5 heteroatoms. The van der Waals surface area contributed by atoms with Gasteiger partial charge in [0.15, 0.2) is 0 Å². The van der Waals surface area contributed by atoms with Crippen molar-refractivity contribution >= 4 is 11.6 Å². The minimum atomic E-state index is 0.544. The molecule has 2 rings (SSSR count). The highest BCUT2D eigenvalue weighted by Gasteiger charge is 2.17. The molecule has 0 saturated carbocycles.